The van der Waals surface area contributed by atoms with Crippen molar-refractivity contribution in [2.24, 2.45) is 4.99 Å². The molecule has 2 aliphatic rings. The van der Waals surface area contributed by atoms with Crippen molar-refractivity contribution < 1.29 is 0 Å². The molecule has 0 atom stereocenters. The van der Waals surface area contributed by atoms with Gasteiger partial charge in [0.2, 0.25) is 0 Å². The molecule has 1 fully saturated rings. The van der Waals surface area contributed by atoms with Crippen LogP contribution in [0.25, 0.3) is 0 Å². The van der Waals surface area contributed by atoms with E-state index in [0.29, 0.717) is 6.54 Å². The maximum absolute atomic E-state index is 4.78. The van der Waals surface area contributed by atoms with E-state index in [-0.39, 0.29) is 0 Å². The molecule has 1 aromatic heterocycles. The van der Waals surface area contributed by atoms with E-state index in [1.165, 1.54) is 32.1 Å². The fourth-order valence-corrected chi connectivity index (χ4v) is 3.16. The summed E-state index contributed by atoms with van der Waals surface area (Å²) in [6.45, 7) is 6.94. The first-order chi connectivity index (χ1) is 10.4. The van der Waals surface area contributed by atoms with Crippen LogP contribution in [-0.2, 0) is 19.5 Å². The van der Waals surface area contributed by atoms with E-state index in [4.69, 9.17) is 4.99 Å². The minimum Gasteiger partial charge on any atom is -0.357 e. The van der Waals surface area contributed by atoms with Crippen molar-refractivity contribution in [3.8, 4) is 0 Å². The highest BCUT2D eigenvalue weighted by Crippen LogP contribution is 2.15. The Morgan fingerprint density at radius 2 is 1.90 bits per heavy atom. The molecule has 6 nitrogen and oxygen atoms in total. The molecule has 21 heavy (non-hydrogen) atoms. The fourth-order valence-electron chi connectivity index (χ4n) is 3.16. The highest BCUT2D eigenvalue weighted by Gasteiger charge is 2.17. The molecular formula is C15H26N6. The van der Waals surface area contributed by atoms with E-state index < -0.39 is 0 Å². The minimum absolute atomic E-state index is 0.631. The summed E-state index contributed by atoms with van der Waals surface area (Å²) in [5.41, 5.74) is 0. The highest BCUT2D eigenvalue weighted by molar-refractivity contribution is 5.80. The maximum atomic E-state index is 4.78. The zero-order valence-corrected chi connectivity index (χ0v) is 13.0. The van der Waals surface area contributed by atoms with Crippen LogP contribution in [0.2, 0.25) is 0 Å². The summed E-state index contributed by atoms with van der Waals surface area (Å²) < 4.78 is 2.28. The van der Waals surface area contributed by atoms with Gasteiger partial charge in [-0.25, -0.2) is 4.99 Å². The van der Waals surface area contributed by atoms with Gasteiger partial charge in [-0.2, -0.15) is 0 Å². The van der Waals surface area contributed by atoms with Gasteiger partial charge in [-0.3, -0.25) is 0 Å². The molecule has 116 valence electrons. The molecule has 0 spiro atoms. The van der Waals surface area contributed by atoms with E-state index >= 15 is 0 Å². The molecule has 3 rings (SSSR count). The molecule has 0 saturated carbocycles. The van der Waals surface area contributed by atoms with Gasteiger partial charge in [0.1, 0.15) is 12.4 Å². The number of hydrogen-bond acceptors (Lipinski definition) is 3. The van der Waals surface area contributed by atoms with Crippen LogP contribution in [-0.4, -0.2) is 45.3 Å². The number of guanidine groups is 1. The second-order valence-electron chi connectivity index (χ2n) is 5.86. The number of likely N-dealkylation sites (tertiary alicyclic amines) is 1. The molecule has 0 amide bonds. The first-order valence-corrected chi connectivity index (χ1v) is 8.32. The van der Waals surface area contributed by atoms with Crippen molar-refractivity contribution in [2.75, 3.05) is 19.6 Å². The molecule has 0 aromatic carbocycles. The second-order valence-corrected chi connectivity index (χ2v) is 5.86. The molecule has 3 heterocycles. The normalized spacial score (nSPS) is 19.5. The smallest absolute Gasteiger partial charge is 0.194 e. The Balaban J connectivity index is 1.72. The largest absolute Gasteiger partial charge is 0.357 e. The van der Waals surface area contributed by atoms with Crippen LogP contribution in [0.5, 0.6) is 0 Å². The van der Waals surface area contributed by atoms with Crippen molar-refractivity contribution >= 4 is 5.96 Å². The van der Waals surface area contributed by atoms with Gasteiger partial charge in [-0.05, 0) is 32.6 Å². The SMILES string of the molecule is CCNC(=NCc1nnc2n1CCCCC2)N1CCCC1. The number of hydrogen-bond donors (Lipinski definition) is 1. The molecule has 2 aliphatic heterocycles. The number of fused-ring (bicyclic) bond motifs is 1. The Bertz CT molecular complexity index is 486. The van der Waals surface area contributed by atoms with Gasteiger partial charge in [0.15, 0.2) is 11.8 Å². The molecule has 6 heteroatoms. The van der Waals surface area contributed by atoms with E-state index in [1.807, 2.05) is 0 Å². The summed E-state index contributed by atoms with van der Waals surface area (Å²) in [5.74, 6) is 3.19. The van der Waals surface area contributed by atoms with Crippen LogP contribution < -0.4 is 5.32 Å². The van der Waals surface area contributed by atoms with Crippen molar-refractivity contribution in [1.82, 2.24) is 25.0 Å². The Labute approximate surface area is 126 Å². The van der Waals surface area contributed by atoms with Crippen LogP contribution in [0, 0.1) is 0 Å². The fraction of sp³-hybridized carbons (Fsp3) is 0.800. The summed E-state index contributed by atoms with van der Waals surface area (Å²) in [7, 11) is 0. The van der Waals surface area contributed by atoms with Crippen LogP contribution in [0.4, 0.5) is 0 Å². The number of aliphatic imine (C=N–C) groups is 1. The molecule has 0 radical (unpaired) electrons. The third kappa shape index (κ3) is 3.36. The summed E-state index contributed by atoms with van der Waals surface area (Å²) >= 11 is 0. The number of rotatable bonds is 3. The molecule has 1 aromatic rings. The Morgan fingerprint density at radius 1 is 1.10 bits per heavy atom. The zero-order valence-electron chi connectivity index (χ0n) is 13.0. The third-order valence-electron chi connectivity index (χ3n) is 4.30. The average molecular weight is 290 g/mol. The van der Waals surface area contributed by atoms with Gasteiger partial charge in [0, 0.05) is 32.6 Å². The maximum Gasteiger partial charge on any atom is 0.194 e. The Morgan fingerprint density at radius 3 is 2.71 bits per heavy atom. The molecule has 1 N–H and O–H groups in total. The van der Waals surface area contributed by atoms with Gasteiger partial charge >= 0.3 is 0 Å². The molecule has 1 saturated heterocycles. The van der Waals surface area contributed by atoms with E-state index in [0.717, 1.165) is 50.2 Å². The molecule has 0 unspecified atom stereocenters. The molecular weight excluding hydrogens is 264 g/mol. The predicted molar refractivity (Wildman–Crippen MR) is 83.2 cm³/mol. The lowest BCUT2D eigenvalue weighted by Gasteiger charge is -2.20. The summed E-state index contributed by atoms with van der Waals surface area (Å²) in [5, 5.41) is 12.1. The average Bonchev–Trinajstić information content (AvgIpc) is 3.09. The molecule has 0 aliphatic carbocycles. The zero-order chi connectivity index (χ0) is 14.5. The van der Waals surface area contributed by atoms with Gasteiger partial charge in [-0.15, -0.1) is 10.2 Å². The van der Waals surface area contributed by atoms with Crippen LogP contribution in [0.1, 0.15) is 50.7 Å². The Kier molecular flexibility index (Phi) is 4.72. The van der Waals surface area contributed by atoms with Crippen molar-refractivity contribution in [2.45, 2.75) is 58.5 Å². The van der Waals surface area contributed by atoms with Gasteiger partial charge in [0.05, 0.1) is 0 Å². The van der Waals surface area contributed by atoms with Crippen molar-refractivity contribution in [3.63, 3.8) is 0 Å². The lowest BCUT2D eigenvalue weighted by Crippen LogP contribution is -2.39. The number of aromatic nitrogens is 3. The van der Waals surface area contributed by atoms with Gasteiger partial charge < -0.3 is 14.8 Å². The first-order valence-electron chi connectivity index (χ1n) is 8.32. The molecule has 0 bridgehead atoms. The highest BCUT2D eigenvalue weighted by atomic mass is 15.3. The standard InChI is InChI=1S/C15H26N6/c1-2-16-15(20-9-6-7-10-20)17-12-14-19-18-13-8-4-3-5-11-21(13)14/h2-12H2,1H3,(H,16,17). The summed E-state index contributed by atoms with van der Waals surface area (Å²) in [6, 6.07) is 0. The van der Waals surface area contributed by atoms with Crippen molar-refractivity contribution in [3.05, 3.63) is 11.6 Å². The minimum atomic E-state index is 0.631. The first kappa shape index (κ1) is 14.4. The number of nitrogens with one attached hydrogen (secondary N) is 1. The number of aryl methyl sites for hydroxylation is 1. The lowest BCUT2D eigenvalue weighted by molar-refractivity contribution is 0.492. The number of nitrogens with zero attached hydrogens (tertiary/aromatic N) is 5. The van der Waals surface area contributed by atoms with E-state index in [9.17, 15) is 0 Å². The monoisotopic (exact) mass is 290 g/mol. The van der Waals surface area contributed by atoms with Crippen molar-refractivity contribution in [1.29, 1.82) is 0 Å². The topological polar surface area (TPSA) is 58.3 Å². The van der Waals surface area contributed by atoms with Crippen LogP contribution in [0.15, 0.2) is 4.99 Å². The predicted octanol–water partition coefficient (Wildman–Crippen LogP) is 1.57. The quantitative estimate of drug-likeness (QED) is 0.678. The lowest BCUT2D eigenvalue weighted by atomic mass is 10.2. The summed E-state index contributed by atoms with van der Waals surface area (Å²) in [4.78, 5) is 7.14. The second kappa shape index (κ2) is 6.91. The third-order valence-corrected chi connectivity index (χ3v) is 4.30. The van der Waals surface area contributed by atoms with E-state index in [2.05, 4.69) is 31.9 Å². The van der Waals surface area contributed by atoms with Gasteiger partial charge in [0.25, 0.3) is 0 Å². The van der Waals surface area contributed by atoms with Gasteiger partial charge in [-0.1, -0.05) is 6.42 Å². The van der Waals surface area contributed by atoms with Crippen LogP contribution in [0.3, 0.4) is 0 Å². The van der Waals surface area contributed by atoms with Crippen LogP contribution >= 0.6 is 0 Å². The van der Waals surface area contributed by atoms with E-state index in [1.54, 1.807) is 0 Å². The Hall–Kier alpha value is -1.59. The summed E-state index contributed by atoms with van der Waals surface area (Å²) in [6.07, 6.45) is 7.35.